The predicted octanol–water partition coefficient (Wildman–Crippen LogP) is 3.20. The van der Waals surface area contributed by atoms with Gasteiger partial charge in [-0.15, -0.1) is 0 Å². The number of nitrogens with zero attached hydrogens (tertiary/aromatic N) is 1. The van der Waals surface area contributed by atoms with Gasteiger partial charge in [-0.25, -0.2) is 5.43 Å². The second-order valence-electron chi connectivity index (χ2n) is 4.93. The summed E-state index contributed by atoms with van der Waals surface area (Å²) in [6.07, 6.45) is 1.37. The van der Waals surface area contributed by atoms with Crippen molar-refractivity contribution in [2.45, 2.75) is 0 Å². The second kappa shape index (κ2) is 9.02. The first kappa shape index (κ1) is 20.2. The summed E-state index contributed by atoms with van der Waals surface area (Å²) in [6.45, 7) is -0.283. The summed E-state index contributed by atoms with van der Waals surface area (Å²) in [4.78, 5) is 22.8. The fourth-order valence-corrected chi connectivity index (χ4v) is 3.30. The van der Waals surface area contributed by atoms with Crippen molar-refractivity contribution in [2.24, 2.45) is 10.8 Å². The summed E-state index contributed by atoms with van der Waals surface area (Å²) < 4.78 is 6.13. The van der Waals surface area contributed by atoms with E-state index in [0.717, 1.165) is 0 Å². The minimum atomic E-state index is -0.614. The van der Waals surface area contributed by atoms with Crippen molar-refractivity contribution < 1.29 is 19.4 Å². The van der Waals surface area contributed by atoms with Gasteiger partial charge in [-0.3, -0.25) is 9.59 Å². The fraction of sp³-hybridized carbons (Fsp3) is 0.0625. The highest BCUT2D eigenvalue weighted by Crippen LogP contribution is 2.31. The number of phenolic OH excluding ortho intramolecular Hbond substituents is 1. The number of carbonyl (C=O) groups is 2. The summed E-state index contributed by atoms with van der Waals surface area (Å²) in [5.41, 5.74) is 7.95. The van der Waals surface area contributed by atoms with Gasteiger partial charge < -0.3 is 15.6 Å². The number of ether oxygens (including phenoxy) is 1. The number of hydrogen-bond donors (Lipinski definition) is 3. The molecule has 26 heavy (non-hydrogen) atoms. The molecule has 0 aliphatic rings. The molecule has 0 spiro atoms. The average molecular weight is 506 g/mol. The van der Waals surface area contributed by atoms with Crippen LogP contribution in [-0.4, -0.2) is 29.7 Å². The number of hydrogen-bond acceptors (Lipinski definition) is 5. The number of rotatable bonds is 6. The Hall–Kier alpha value is -2.10. The van der Waals surface area contributed by atoms with E-state index in [1.165, 1.54) is 12.3 Å². The normalized spacial score (nSPS) is 10.7. The van der Waals surface area contributed by atoms with Gasteiger partial charge in [0.2, 0.25) is 0 Å². The van der Waals surface area contributed by atoms with Crippen LogP contribution in [0, 0.1) is 0 Å². The van der Waals surface area contributed by atoms with Gasteiger partial charge in [0.1, 0.15) is 11.5 Å². The Morgan fingerprint density at radius 3 is 2.69 bits per heavy atom. The molecule has 2 aromatic rings. The largest absolute Gasteiger partial charge is 0.506 e. The number of aromatic hydroxyl groups is 1. The van der Waals surface area contributed by atoms with E-state index >= 15 is 0 Å². The molecule has 10 heteroatoms. The summed E-state index contributed by atoms with van der Waals surface area (Å²) >= 11 is 12.4. The number of hydrazone groups is 1. The van der Waals surface area contributed by atoms with Crippen molar-refractivity contribution in [1.82, 2.24) is 5.43 Å². The lowest BCUT2D eigenvalue weighted by Gasteiger charge is -2.07. The SMILES string of the molecule is NC(=O)COc1ccc(C=NNC(=O)c2cc(Br)cc(Br)c2O)cc1Cl. The molecule has 0 aromatic heterocycles. The highest BCUT2D eigenvalue weighted by molar-refractivity contribution is 9.11. The van der Waals surface area contributed by atoms with E-state index < -0.39 is 11.8 Å². The number of amides is 2. The van der Waals surface area contributed by atoms with Crippen LogP contribution >= 0.6 is 43.5 Å². The maximum atomic E-state index is 12.1. The van der Waals surface area contributed by atoms with Crippen LogP contribution < -0.4 is 15.9 Å². The van der Waals surface area contributed by atoms with Crippen LogP contribution in [0.2, 0.25) is 5.02 Å². The molecule has 7 nitrogen and oxygen atoms in total. The highest BCUT2D eigenvalue weighted by atomic mass is 79.9. The number of nitrogens with one attached hydrogen (secondary N) is 1. The quantitative estimate of drug-likeness (QED) is 0.413. The number of phenols is 1. The molecular weight excluding hydrogens is 493 g/mol. The molecule has 0 fully saturated rings. The minimum Gasteiger partial charge on any atom is -0.506 e. The van der Waals surface area contributed by atoms with Gasteiger partial charge in [-0.05, 0) is 51.8 Å². The molecule has 0 radical (unpaired) electrons. The van der Waals surface area contributed by atoms with Crippen molar-refractivity contribution in [3.8, 4) is 11.5 Å². The molecule has 0 heterocycles. The molecule has 2 aromatic carbocycles. The molecule has 4 N–H and O–H groups in total. The zero-order chi connectivity index (χ0) is 19.3. The van der Waals surface area contributed by atoms with E-state index in [9.17, 15) is 14.7 Å². The zero-order valence-electron chi connectivity index (χ0n) is 13.0. The molecule has 0 saturated heterocycles. The summed E-state index contributed by atoms with van der Waals surface area (Å²) in [5, 5.41) is 14.0. The summed E-state index contributed by atoms with van der Waals surface area (Å²) in [5.74, 6) is -1.10. The lowest BCUT2D eigenvalue weighted by atomic mass is 10.2. The molecule has 136 valence electrons. The van der Waals surface area contributed by atoms with Crippen LogP contribution in [0.5, 0.6) is 11.5 Å². The van der Waals surface area contributed by atoms with Crippen LogP contribution in [0.15, 0.2) is 44.4 Å². The third-order valence-electron chi connectivity index (χ3n) is 2.98. The molecule has 0 saturated carbocycles. The van der Waals surface area contributed by atoms with E-state index in [4.69, 9.17) is 22.1 Å². The van der Waals surface area contributed by atoms with Crippen molar-refractivity contribution in [2.75, 3.05) is 6.61 Å². The van der Waals surface area contributed by atoms with Gasteiger partial charge in [0.15, 0.2) is 6.61 Å². The molecule has 2 amide bonds. The highest BCUT2D eigenvalue weighted by Gasteiger charge is 2.14. The van der Waals surface area contributed by atoms with E-state index in [1.807, 2.05) is 0 Å². The number of primary amides is 1. The smallest absolute Gasteiger partial charge is 0.275 e. The minimum absolute atomic E-state index is 0.0524. The number of halogens is 3. The Bertz CT molecular complexity index is 890. The molecular formula is C16H12Br2ClN3O4. The lowest BCUT2D eigenvalue weighted by molar-refractivity contribution is -0.119. The van der Waals surface area contributed by atoms with Crippen LogP contribution in [0.3, 0.4) is 0 Å². The zero-order valence-corrected chi connectivity index (χ0v) is 16.9. The van der Waals surface area contributed by atoms with Crippen molar-refractivity contribution >= 4 is 61.5 Å². The molecule has 0 unspecified atom stereocenters. The Balaban J connectivity index is 2.05. The Kier molecular flexibility index (Phi) is 7.01. The van der Waals surface area contributed by atoms with Crippen LogP contribution in [0.25, 0.3) is 0 Å². The molecule has 0 aliphatic heterocycles. The first-order valence-electron chi connectivity index (χ1n) is 7.00. The van der Waals surface area contributed by atoms with E-state index in [2.05, 4.69) is 42.4 Å². The van der Waals surface area contributed by atoms with E-state index in [-0.39, 0.29) is 22.9 Å². The maximum Gasteiger partial charge on any atom is 0.275 e. The monoisotopic (exact) mass is 503 g/mol. The number of carbonyl (C=O) groups excluding carboxylic acids is 2. The predicted molar refractivity (Wildman–Crippen MR) is 105 cm³/mol. The van der Waals surface area contributed by atoms with Gasteiger partial charge >= 0.3 is 0 Å². The Morgan fingerprint density at radius 1 is 1.31 bits per heavy atom. The van der Waals surface area contributed by atoms with Crippen LogP contribution in [0.1, 0.15) is 15.9 Å². The van der Waals surface area contributed by atoms with Crippen LogP contribution in [0.4, 0.5) is 0 Å². The van der Waals surface area contributed by atoms with Crippen molar-refractivity contribution in [3.63, 3.8) is 0 Å². The maximum absolute atomic E-state index is 12.1. The summed E-state index contributed by atoms with van der Waals surface area (Å²) in [7, 11) is 0. The summed E-state index contributed by atoms with van der Waals surface area (Å²) in [6, 6.07) is 7.79. The third-order valence-corrected chi connectivity index (χ3v) is 4.34. The van der Waals surface area contributed by atoms with Gasteiger partial charge in [0, 0.05) is 4.47 Å². The van der Waals surface area contributed by atoms with Gasteiger partial charge in [0.25, 0.3) is 11.8 Å². The Labute approximate surface area is 170 Å². The average Bonchev–Trinajstić information content (AvgIpc) is 2.57. The Morgan fingerprint density at radius 2 is 2.04 bits per heavy atom. The topological polar surface area (TPSA) is 114 Å². The first-order chi connectivity index (χ1) is 12.3. The van der Waals surface area contributed by atoms with Gasteiger partial charge in [0.05, 0.1) is 21.3 Å². The first-order valence-corrected chi connectivity index (χ1v) is 8.96. The fourth-order valence-electron chi connectivity index (χ4n) is 1.83. The van der Waals surface area contributed by atoms with Gasteiger partial charge in [-0.1, -0.05) is 27.5 Å². The lowest BCUT2D eigenvalue weighted by Crippen LogP contribution is -2.20. The van der Waals surface area contributed by atoms with Crippen molar-refractivity contribution in [1.29, 1.82) is 0 Å². The van der Waals surface area contributed by atoms with E-state index in [0.29, 0.717) is 20.3 Å². The molecule has 2 rings (SSSR count). The molecule has 0 bridgehead atoms. The van der Waals surface area contributed by atoms with Crippen molar-refractivity contribution in [3.05, 3.63) is 55.4 Å². The van der Waals surface area contributed by atoms with Gasteiger partial charge in [-0.2, -0.15) is 5.10 Å². The van der Waals surface area contributed by atoms with E-state index in [1.54, 1.807) is 24.3 Å². The van der Waals surface area contributed by atoms with Crippen LogP contribution in [-0.2, 0) is 4.79 Å². The number of nitrogens with two attached hydrogens (primary N) is 1. The number of benzene rings is 2. The standard InChI is InChI=1S/C16H12Br2ClN3O4/c17-9-4-10(15(24)11(18)5-9)16(25)22-21-6-8-1-2-13(12(19)3-8)26-7-14(20)23/h1-6,24H,7H2,(H2,20,23)(H,22,25). The molecule has 0 aliphatic carbocycles. The third kappa shape index (κ3) is 5.45. The molecule has 0 atom stereocenters. The second-order valence-corrected chi connectivity index (χ2v) is 7.10.